The quantitative estimate of drug-likeness (QED) is 0.923. The fourth-order valence-corrected chi connectivity index (χ4v) is 2.32. The van der Waals surface area contributed by atoms with E-state index in [0.717, 1.165) is 31.5 Å². The molecule has 1 aliphatic rings. The molecule has 0 radical (unpaired) electrons. The zero-order chi connectivity index (χ0) is 13.0. The summed E-state index contributed by atoms with van der Waals surface area (Å²) in [5.41, 5.74) is 6.69. The highest BCUT2D eigenvalue weighted by molar-refractivity contribution is 5.85. The lowest BCUT2D eigenvalue weighted by atomic mass is 10.1. The van der Waals surface area contributed by atoms with Gasteiger partial charge in [0.2, 0.25) is 0 Å². The smallest absolute Gasteiger partial charge is 0.387 e. The molecule has 1 fully saturated rings. The lowest BCUT2D eigenvalue weighted by Crippen LogP contribution is -2.42. The molecule has 1 aliphatic heterocycles. The number of benzene rings is 1. The van der Waals surface area contributed by atoms with Gasteiger partial charge in [0.1, 0.15) is 5.75 Å². The number of piperidine rings is 1. The molecule has 1 atom stereocenters. The molecule has 1 saturated heterocycles. The van der Waals surface area contributed by atoms with E-state index in [4.69, 9.17) is 5.73 Å². The standard InChI is InChI=1S/C13H18F2N2O.2ClH/c14-13(15)18-12-6-2-1-4-10(12)8-17-7-3-5-11(16)9-17;;/h1-2,4,6,11,13H,3,5,7-9,16H2;2*1H/t11-;;/m0../s1. The topological polar surface area (TPSA) is 38.5 Å². The molecular formula is C13H20Cl2F2N2O. The van der Waals surface area contributed by atoms with Gasteiger partial charge in [-0.25, -0.2) is 0 Å². The van der Waals surface area contributed by atoms with Crippen LogP contribution in [0.25, 0.3) is 0 Å². The number of rotatable bonds is 4. The SMILES string of the molecule is Cl.Cl.N[C@H]1CCCN(Cc2ccccc2OC(F)F)C1. The average Bonchev–Trinajstić information content (AvgIpc) is 2.31. The van der Waals surface area contributed by atoms with Crippen molar-refractivity contribution < 1.29 is 13.5 Å². The molecule has 0 aliphatic carbocycles. The molecule has 1 aromatic carbocycles. The van der Waals surface area contributed by atoms with Gasteiger partial charge in [-0.3, -0.25) is 4.90 Å². The van der Waals surface area contributed by atoms with Crippen LogP contribution in [0.5, 0.6) is 5.75 Å². The van der Waals surface area contributed by atoms with Crippen LogP contribution in [0.2, 0.25) is 0 Å². The molecule has 0 spiro atoms. The molecule has 2 rings (SSSR count). The van der Waals surface area contributed by atoms with Gasteiger partial charge in [-0.1, -0.05) is 18.2 Å². The van der Waals surface area contributed by atoms with Crippen LogP contribution in [0.1, 0.15) is 18.4 Å². The fourth-order valence-electron chi connectivity index (χ4n) is 2.32. The first kappa shape index (κ1) is 19.4. The highest BCUT2D eigenvalue weighted by Crippen LogP contribution is 2.23. The van der Waals surface area contributed by atoms with Crippen LogP contribution in [0.3, 0.4) is 0 Å². The number of halogens is 4. The van der Waals surface area contributed by atoms with E-state index in [1.807, 2.05) is 12.1 Å². The van der Waals surface area contributed by atoms with Gasteiger partial charge >= 0.3 is 6.61 Å². The molecule has 1 aromatic rings. The first-order valence-corrected chi connectivity index (χ1v) is 6.16. The number of alkyl halides is 2. The summed E-state index contributed by atoms with van der Waals surface area (Å²) in [5, 5.41) is 0. The summed E-state index contributed by atoms with van der Waals surface area (Å²) in [6.07, 6.45) is 2.09. The maximum atomic E-state index is 12.3. The third kappa shape index (κ3) is 5.79. The lowest BCUT2D eigenvalue weighted by molar-refractivity contribution is -0.0508. The minimum atomic E-state index is -2.78. The molecule has 1 heterocycles. The Morgan fingerprint density at radius 3 is 2.65 bits per heavy atom. The van der Waals surface area contributed by atoms with Gasteiger partial charge in [0.05, 0.1) is 0 Å². The monoisotopic (exact) mass is 328 g/mol. The van der Waals surface area contributed by atoms with Crippen molar-refractivity contribution in [2.45, 2.75) is 32.0 Å². The summed E-state index contributed by atoms with van der Waals surface area (Å²) < 4.78 is 29.1. The third-order valence-electron chi connectivity index (χ3n) is 3.12. The van der Waals surface area contributed by atoms with Gasteiger partial charge in [-0.15, -0.1) is 24.8 Å². The molecule has 0 unspecified atom stereocenters. The highest BCUT2D eigenvalue weighted by Gasteiger charge is 2.18. The number of ether oxygens (including phenoxy) is 1. The zero-order valence-electron chi connectivity index (χ0n) is 11.0. The van der Waals surface area contributed by atoms with Gasteiger partial charge in [0.15, 0.2) is 0 Å². The summed E-state index contributed by atoms with van der Waals surface area (Å²) >= 11 is 0. The first-order chi connectivity index (χ1) is 8.65. The molecule has 20 heavy (non-hydrogen) atoms. The minimum absolute atomic E-state index is 0. The van der Waals surface area contributed by atoms with E-state index >= 15 is 0 Å². The van der Waals surface area contributed by atoms with Crippen LogP contribution in [-0.4, -0.2) is 30.6 Å². The molecular weight excluding hydrogens is 309 g/mol. The Balaban J connectivity index is 0.00000180. The van der Waals surface area contributed by atoms with E-state index < -0.39 is 6.61 Å². The van der Waals surface area contributed by atoms with E-state index in [-0.39, 0.29) is 36.6 Å². The number of hydrogen-bond donors (Lipinski definition) is 1. The van der Waals surface area contributed by atoms with Crippen LogP contribution in [0, 0.1) is 0 Å². The van der Waals surface area contributed by atoms with Crippen LogP contribution >= 0.6 is 24.8 Å². The highest BCUT2D eigenvalue weighted by atomic mass is 35.5. The fraction of sp³-hybridized carbons (Fsp3) is 0.538. The van der Waals surface area contributed by atoms with E-state index in [9.17, 15) is 8.78 Å². The van der Waals surface area contributed by atoms with Crippen molar-refractivity contribution in [2.24, 2.45) is 5.73 Å². The van der Waals surface area contributed by atoms with E-state index in [1.165, 1.54) is 0 Å². The summed E-state index contributed by atoms with van der Waals surface area (Å²) in [5.74, 6) is 0.256. The van der Waals surface area contributed by atoms with Gasteiger partial charge in [-0.05, 0) is 25.5 Å². The predicted octanol–water partition coefficient (Wildman–Crippen LogP) is 3.05. The number of nitrogens with two attached hydrogens (primary N) is 1. The van der Waals surface area contributed by atoms with Crippen molar-refractivity contribution in [1.29, 1.82) is 0 Å². The minimum Gasteiger partial charge on any atom is -0.434 e. The Bertz CT molecular complexity index is 396. The van der Waals surface area contributed by atoms with Crippen molar-refractivity contribution in [2.75, 3.05) is 13.1 Å². The second-order valence-corrected chi connectivity index (χ2v) is 4.62. The normalized spacial score (nSPS) is 19.1. The molecule has 2 N–H and O–H groups in total. The Morgan fingerprint density at radius 2 is 2.00 bits per heavy atom. The Kier molecular flexibility index (Phi) is 9.05. The van der Waals surface area contributed by atoms with Crippen LogP contribution in [0.4, 0.5) is 8.78 Å². The van der Waals surface area contributed by atoms with Crippen molar-refractivity contribution in [1.82, 2.24) is 4.90 Å². The Labute approximate surface area is 130 Å². The molecule has 0 aromatic heterocycles. The van der Waals surface area contributed by atoms with Gasteiger partial charge in [0.25, 0.3) is 0 Å². The van der Waals surface area contributed by atoms with Crippen molar-refractivity contribution in [3.05, 3.63) is 29.8 Å². The van der Waals surface area contributed by atoms with E-state index in [0.29, 0.717) is 6.54 Å². The van der Waals surface area contributed by atoms with Gasteiger partial charge in [0, 0.05) is 24.7 Å². The van der Waals surface area contributed by atoms with Crippen LogP contribution in [-0.2, 0) is 6.54 Å². The summed E-state index contributed by atoms with van der Waals surface area (Å²) in [6.45, 7) is -0.411. The molecule has 3 nitrogen and oxygen atoms in total. The van der Waals surface area contributed by atoms with Gasteiger partial charge < -0.3 is 10.5 Å². The number of para-hydroxylation sites is 1. The van der Waals surface area contributed by atoms with Crippen molar-refractivity contribution in [3.8, 4) is 5.75 Å². The van der Waals surface area contributed by atoms with Crippen molar-refractivity contribution in [3.63, 3.8) is 0 Å². The molecule has 0 bridgehead atoms. The van der Waals surface area contributed by atoms with Crippen molar-refractivity contribution >= 4 is 24.8 Å². The average molecular weight is 329 g/mol. The Hall–Kier alpha value is -0.620. The molecule has 0 amide bonds. The number of likely N-dealkylation sites (tertiary alicyclic amines) is 1. The Morgan fingerprint density at radius 1 is 1.30 bits per heavy atom. The van der Waals surface area contributed by atoms with Gasteiger partial charge in [-0.2, -0.15) is 8.78 Å². The summed E-state index contributed by atoms with van der Waals surface area (Å²) in [6, 6.07) is 7.10. The van der Waals surface area contributed by atoms with Crippen LogP contribution in [0.15, 0.2) is 24.3 Å². The second kappa shape index (κ2) is 9.34. The largest absolute Gasteiger partial charge is 0.434 e. The summed E-state index contributed by atoms with van der Waals surface area (Å²) in [4.78, 5) is 2.18. The maximum Gasteiger partial charge on any atom is 0.387 e. The maximum absolute atomic E-state index is 12.3. The van der Waals surface area contributed by atoms with E-state index in [1.54, 1.807) is 12.1 Å². The molecule has 116 valence electrons. The second-order valence-electron chi connectivity index (χ2n) is 4.62. The first-order valence-electron chi connectivity index (χ1n) is 6.16. The van der Waals surface area contributed by atoms with E-state index in [2.05, 4.69) is 9.64 Å². The lowest BCUT2D eigenvalue weighted by Gasteiger charge is -2.31. The predicted molar refractivity (Wildman–Crippen MR) is 80.1 cm³/mol. The number of nitrogens with zero attached hydrogens (tertiary/aromatic N) is 1. The zero-order valence-corrected chi connectivity index (χ0v) is 12.6. The molecule has 7 heteroatoms. The molecule has 0 saturated carbocycles. The third-order valence-corrected chi connectivity index (χ3v) is 3.12. The number of hydrogen-bond acceptors (Lipinski definition) is 3. The summed E-state index contributed by atoms with van der Waals surface area (Å²) in [7, 11) is 0. The van der Waals surface area contributed by atoms with Crippen LogP contribution < -0.4 is 10.5 Å².